The Morgan fingerprint density at radius 2 is 1.74 bits per heavy atom. The van der Waals surface area contributed by atoms with Gasteiger partial charge in [0, 0.05) is 29.2 Å². The molecule has 154 valence electrons. The molecule has 1 N–H and O–H groups in total. The standard InChI is InChI=1S/C25H21N3O3/c29-25(24-17-30-22-12-6-7-13-23(22)31-24)27-26-14-19-16-28(15-18-8-2-1-3-9-18)21-11-5-4-10-20(19)21/h1-14,16,24H,15,17H2,(H,27,29)/b26-14+/t24-/m1/s1. The minimum absolute atomic E-state index is 0.148. The lowest BCUT2D eigenvalue weighted by molar-refractivity contribution is -0.130. The van der Waals surface area contributed by atoms with Gasteiger partial charge in [0.25, 0.3) is 5.91 Å². The van der Waals surface area contributed by atoms with Crippen LogP contribution in [0.3, 0.4) is 0 Å². The summed E-state index contributed by atoms with van der Waals surface area (Å²) in [5.74, 6) is 0.849. The SMILES string of the molecule is O=C(N/N=C/c1cn(Cc2ccccc2)c2ccccc12)[C@H]1COc2ccccc2O1. The lowest BCUT2D eigenvalue weighted by atomic mass is 10.2. The molecule has 0 bridgehead atoms. The van der Waals surface area contributed by atoms with Gasteiger partial charge < -0.3 is 14.0 Å². The number of para-hydroxylation sites is 3. The third-order valence-electron chi connectivity index (χ3n) is 5.19. The summed E-state index contributed by atoms with van der Waals surface area (Å²) in [5, 5.41) is 5.24. The van der Waals surface area contributed by atoms with Crippen LogP contribution < -0.4 is 14.9 Å². The molecule has 0 radical (unpaired) electrons. The monoisotopic (exact) mass is 411 g/mol. The number of carbonyl (C=O) groups is 1. The Hall–Kier alpha value is -4.06. The van der Waals surface area contributed by atoms with Crippen LogP contribution in [-0.2, 0) is 11.3 Å². The minimum Gasteiger partial charge on any atom is -0.485 e. The Bertz CT molecular complexity index is 1250. The molecule has 0 spiro atoms. The fourth-order valence-electron chi connectivity index (χ4n) is 3.68. The third-order valence-corrected chi connectivity index (χ3v) is 5.19. The van der Waals surface area contributed by atoms with Crippen molar-refractivity contribution in [3.63, 3.8) is 0 Å². The van der Waals surface area contributed by atoms with Crippen molar-refractivity contribution >= 4 is 23.0 Å². The molecule has 1 aliphatic heterocycles. The Labute approximate surface area is 179 Å². The molecule has 2 heterocycles. The summed E-state index contributed by atoms with van der Waals surface area (Å²) in [6, 6.07) is 25.7. The van der Waals surface area contributed by atoms with Crippen molar-refractivity contribution in [3.05, 3.63) is 96.2 Å². The van der Waals surface area contributed by atoms with Crippen molar-refractivity contribution in [1.29, 1.82) is 0 Å². The number of aromatic nitrogens is 1. The fraction of sp³-hybridized carbons (Fsp3) is 0.120. The van der Waals surface area contributed by atoms with Gasteiger partial charge in [-0.15, -0.1) is 0 Å². The summed E-state index contributed by atoms with van der Waals surface area (Å²) in [5.41, 5.74) is 5.83. The smallest absolute Gasteiger partial charge is 0.284 e. The molecule has 1 aliphatic rings. The Morgan fingerprint density at radius 3 is 2.61 bits per heavy atom. The molecule has 31 heavy (non-hydrogen) atoms. The third kappa shape index (κ3) is 4.00. The fourth-order valence-corrected chi connectivity index (χ4v) is 3.68. The molecule has 1 amide bonds. The molecule has 3 aromatic carbocycles. The molecule has 6 nitrogen and oxygen atoms in total. The van der Waals surface area contributed by atoms with E-state index in [9.17, 15) is 4.79 Å². The van der Waals surface area contributed by atoms with Gasteiger partial charge in [-0.2, -0.15) is 5.10 Å². The number of nitrogens with zero attached hydrogens (tertiary/aromatic N) is 2. The molecule has 0 unspecified atom stereocenters. The van der Waals surface area contributed by atoms with Gasteiger partial charge in [0.15, 0.2) is 11.5 Å². The van der Waals surface area contributed by atoms with Gasteiger partial charge in [-0.25, -0.2) is 5.43 Å². The van der Waals surface area contributed by atoms with E-state index in [1.807, 2.05) is 54.7 Å². The van der Waals surface area contributed by atoms with Crippen LogP contribution in [0.2, 0.25) is 0 Å². The van der Waals surface area contributed by atoms with E-state index < -0.39 is 6.10 Å². The van der Waals surface area contributed by atoms with Crippen LogP contribution in [0.15, 0.2) is 90.2 Å². The molecule has 0 aliphatic carbocycles. The first-order valence-electron chi connectivity index (χ1n) is 10.1. The van der Waals surface area contributed by atoms with Gasteiger partial charge in [0.1, 0.15) is 6.61 Å². The van der Waals surface area contributed by atoms with Crippen molar-refractivity contribution in [2.24, 2.45) is 5.10 Å². The maximum absolute atomic E-state index is 12.5. The zero-order valence-electron chi connectivity index (χ0n) is 16.8. The summed E-state index contributed by atoms with van der Waals surface area (Å²) in [6.07, 6.45) is 2.97. The van der Waals surface area contributed by atoms with Gasteiger partial charge in [-0.1, -0.05) is 60.7 Å². The molecule has 1 atom stereocenters. The average molecular weight is 411 g/mol. The van der Waals surface area contributed by atoms with E-state index in [1.165, 1.54) is 5.56 Å². The van der Waals surface area contributed by atoms with E-state index in [0.29, 0.717) is 11.5 Å². The molecule has 5 rings (SSSR count). The molecule has 0 saturated carbocycles. The molecular weight excluding hydrogens is 390 g/mol. The normalized spacial score (nSPS) is 15.3. The average Bonchev–Trinajstić information content (AvgIpc) is 3.17. The second-order valence-corrected chi connectivity index (χ2v) is 7.31. The predicted octanol–water partition coefficient (Wildman–Crippen LogP) is 3.98. The first-order chi connectivity index (χ1) is 15.3. The van der Waals surface area contributed by atoms with Crippen molar-refractivity contribution in [2.75, 3.05) is 6.61 Å². The van der Waals surface area contributed by atoms with Gasteiger partial charge >= 0.3 is 0 Å². The number of hydrogen-bond acceptors (Lipinski definition) is 4. The lowest BCUT2D eigenvalue weighted by Crippen LogP contribution is -2.42. The number of fused-ring (bicyclic) bond motifs is 2. The number of ether oxygens (including phenoxy) is 2. The highest BCUT2D eigenvalue weighted by Gasteiger charge is 2.27. The van der Waals surface area contributed by atoms with Crippen molar-refractivity contribution in [3.8, 4) is 11.5 Å². The van der Waals surface area contributed by atoms with Gasteiger partial charge in [-0.05, 0) is 23.8 Å². The Kier molecular flexibility index (Phi) is 5.10. The number of amides is 1. The molecule has 1 aromatic heterocycles. The van der Waals surface area contributed by atoms with Crippen LogP contribution in [-0.4, -0.2) is 29.4 Å². The van der Waals surface area contributed by atoms with E-state index in [2.05, 4.69) is 39.4 Å². The summed E-state index contributed by atoms with van der Waals surface area (Å²) < 4.78 is 13.5. The Morgan fingerprint density at radius 1 is 1.00 bits per heavy atom. The summed E-state index contributed by atoms with van der Waals surface area (Å²) in [6.45, 7) is 0.906. The first kappa shape index (κ1) is 18.9. The van der Waals surface area contributed by atoms with Crippen molar-refractivity contribution in [2.45, 2.75) is 12.6 Å². The summed E-state index contributed by atoms with van der Waals surface area (Å²) in [7, 11) is 0. The van der Waals surface area contributed by atoms with Crippen molar-refractivity contribution < 1.29 is 14.3 Å². The van der Waals surface area contributed by atoms with Gasteiger partial charge in [-0.3, -0.25) is 4.79 Å². The van der Waals surface area contributed by atoms with Gasteiger partial charge in [0.2, 0.25) is 6.10 Å². The number of rotatable bonds is 5. The number of hydrazone groups is 1. The van der Waals surface area contributed by atoms with Gasteiger partial charge in [0.05, 0.1) is 6.21 Å². The number of benzene rings is 3. The van der Waals surface area contributed by atoms with E-state index in [0.717, 1.165) is 23.0 Å². The van der Waals surface area contributed by atoms with E-state index in [-0.39, 0.29) is 12.5 Å². The second kappa shape index (κ2) is 8.36. The number of carbonyl (C=O) groups excluding carboxylic acids is 1. The number of nitrogens with one attached hydrogen (secondary N) is 1. The first-order valence-corrected chi connectivity index (χ1v) is 10.1. The lowest BCUT2D eigenvalue weighted by Gasteiger charge is -2.24. The van der Waals surface area contributed by atoms with E-state index in [4.69, 9.17) is 9.47 Å². The molecule has 0 fully saturated rings. The van der Waals surface area contributed by atoms with E-state index in [1.54, 1.807) is 12.3 Å². The quantitative estimate of drug-likeness (QED) is 0.399. The summed E-state index contributed by atoms with van der Waals surface area (Å²) >= 11 is 0. The van der Waals surface area contributed by atoms with Crippen LogP contribution >= 0.6 is 0 Å². The second-order valence-electron chi connectivity index (χ2n) is 7.31. The van der Waals surface area contributed by atoms with E-state index >= 15 is 0 Å². The van der Waals surface area contributed by atoms with Crippen LogP contribution in [0.25, 0.3) is 10.9 Å². The zero-order valence-corrected chi connectivity index (χ0v) is 16.8. The maximum atomic E-state index is 12.5. The molecule has 4 aromatic rings. The van der Waals surface area contributed by atoms with Crippen LogP contribution in [0.4, 0.5) is 0 Å². The number of hydrogen-bond donors (Lipinski definition) is 1. The van der Waals surface area contributed by atoms with Crippen molar-refractivity contribution in [1.82, 2.24) is 9.99 Å². The minimum atomic E-state index is -0.744. The highest BCUT2D eigenvalue weighted by molar-refractivity contribution is 5.99. The molecular formula is C25H21N3O3. The predicted molar refractivity (Wildman–Crippen MR) is 120 cm³/mol. The Balaban J connectivity index is 1.31. The zero-order chi connectivity index (χ0) is 21.0. The van der Waals surface area contributed by atoms with Crippen LogP contribution in [0.1, 0.15) is 11.1 Å². The molecule has 6 heteroatoms. The maximum Gasteiger partial charge on any atom is 0.284 e. The van der Waals surface area contributed by atoms with Crippen LogP contribution in [0.5, 0.6) is 11.5 Å². The summed E-state index contributed by atoms with van der Waals surface area (Å²) in [4.78, 5) is 12.5. The van der Waals surface area contributed by atoms with Crippen LogP contribution in [0, 0.1) is 0 Å². The largest absolute Gasteiger partial charge is 0.485 e. The highest BCUT2D eigenvalue weighted by atomic mass is 16.6. The molecule has 0 saturated heterocycles. The highest BCUT2D eigenvalue weighted by Crippen LogP contribution is 2.30. The topological polar surface area (TPSA) is 64.9 Å².